The van der Waals surface area contributed by atoms with Gasteiger partial charge in [-0.3, -0.25) is 4.98 Å². The number of aromatic nitrogens is 1. The van der Waals surface area contributed by atoms with Crippen molar-refractivity contribution in [3.63, 3.8) is 0 Å². The Labute approximate surface area is 116 Å². The van der Waals surface area contributed by atoms with E-state index >= 15 is 0 Å². The Bertz CT molecular complexity index is 736. The van der Waals surface area contributed by atoms with Gasteiger partial charge in [0.1, 0.15) is 0 Å². The smallest absolute Gasteiger partial charge is 0.308 e. The highest BCUT2D eigenvalue weighted by Crippen LogP contribution is 2.21. The first-order valence-corrected chi connectivity index (χ1v) is 6.30. The number of nitrogens with one attached hydrogen (secondary N) is 2. The Kier molecular flexibility index (Phi) is 3.29. The molecule has 0 radical (unpaired) electrons. The lowest BCUT2D eigenvalue weighted by Crippen LogP contribution is -2.19. The number of carbonyl (C=O) groups excluding carboxylic acids is 1. The van der Waals surface area contributed by atoms with Crippen LogP contribution in [0.3, 0.4) is 0 Å². The lowest BCUT2D eigenvalue weighted by Gasteiger charge is -2.09. The Morgan fingerprint density at radius 1 is 0.850 bits per heavy atom. The minimum atomic E-state index is -0.271. The van der Waals surface area contributed by atoms with Crippen LogP contribution in [0, 0.1) is 0 Å². The van der Waals surface area contributed by atoms with Crippen molar-refractivity contribution in [1.29, 1.82) is 0 Å². The van der Waals surface area contributed by atoms with Crippen LogP contribution in [0.15, 0.2) is 66.9 Å². The predicted octanol–water partition coefficient (Wildman–Crippen LogP) is 3.88. The third kappa shape index (κ3) is 2.59. The highest BCUT2D eigenvalue weighted by Gasteiger charge is 2.05. The zero-order chi connectivity index (χ0) is 13.8. The molecule has 0 spiro atoms. The second-order valence-electron chi connectivity index (χ2n) is 4.32. The topological polar surface area (TPSA) is 54.0 Å². The van der Waals surface area contributed by atoms with Gasteiger partial charge in [-0.1, -0.05) is 36.4 Å². The van der Waals surface area contributed by atoms with E-state index in [1.165, 1.54) is 0 Å². The fourth-order valence-electron chi connectivity index (χ4n) is 2.01. The number of hydrogen-bond acceptors (Lipinski definition) is 2. The Hall–Kier alpha value is -2.88. The second kappa shape index (κ2) is 5.40. The summed E-state index contributed by atoms with van der Waals surface area (Å²) in [6.45, 7) is 0. The maximum Gasteiger partial charge on any atom is 0.323 e. The average molecular weight is 263 g/mol. The lowest BCUT2D eigenvalue weighted by atomic mass is 10.2. The highest BCUT2D eigenvalue weighted by atomic mass is 16.2. The van der Waals surface area contributed by atoms with Crippen molar-refractivity contribution in [1.82, 2.24) is 4.98 Å². The molecule has 1 heterocycles. The third-order valence-corrected chi connectivity index (χ3v) is 2.93. The summed E-state index contributed by atoms with van der Waals surface area (Å²) in [7, 11) is 0. The van der Waals surface area contributed by atoms with Crippen LogP contribution in [0.25, 0.3) is 10.9 Å². The van der Waals surface area contributed by atoms with Gasteiger partial charge in [0.25, 0.3) is 0 Å². The molecule has 4 heteroatoms. The van der Waals surface area contributed by atoms with Gasteiger partial charge in [-0.2, -0.15) is 0 Å². The minimum absolute atomic E-state index is 0.271. The number of carbonyl (C=O) groups is 1. The molecule has 3 aromatic rings. The van der Waals surface area contributed by atoms with Crippen LogP contribution >= 0.6 is 0 Å². The maximum atomic E-state index is 12.0. The molecule has 1 aromatic heterocycles. The number of amides is 2. The summed E-state index contributed by atoms with van der Waals surface area (Å²) < 4.78 is 0. The number of pyridine rings is 1. The summed E-state index contributed by atoms with van der Waals surface area (Å²) in [6, 6.07) is 18.5. The molecule has 0 fully saturated rings. The molecular weight excluding hydrogens is 250 g/mol. The van der Waals surface area contributed by atoms with Crippen LogP contribution in [0.1, 0.15) is 0 Å². The molecule has 0 saturated heterocycles. The summed E-state index contributed by atoms with van der Waals surface area (Å²) >= 11 is 0. The quantitative estimate of drug-likeness (QED) is 0.737. The average Bonchev–Trinajstić information content (AvgIpc) is 2.48. The van der Waals surface area contributed by atoms with Crippen LogP contribution < -0.4 is 10.6 Å². The number of benzene rings is 2. The van der Waals surface area contributed by atoms with Crippen molar-refractivity contribution >= 4 is 28.3 Å². The summed E-state index contributed by atoms with van der Waals surface area (Å²) in [5.74, 6) is 0. The number of rotatable bonds is 2. The van der Waals surface area contributed by atoms with Gasteiger partial charge in [0.05, 0.1) is 11.2 Å². The van der Waals surface area contributed by atoms with Gasteiger partial charge in [0.15, 0.2) is 0 Å². The zero-order valence-electron chi connectivity index (χ0n) is 10.7. The first-order valence-electron chi connectivity index (χ1n) is 6.30. The number of urea groups is 1. The fourth-order valence-corrected chi connectivity index (χ4v) is 2.01. The van der Waals surface area contributed by atoms with E-state index in [1.54, 1.807) is 12.3 Å². The maximum absolute atomic E-state index is 12.0. The van der Waals surface area contributed by atoms with Crippen molar-refractivity contribution in [2.75, 3.05) is 10.6 Å². The van der Waals surface area contributed by atoms with Crippen molar-refractivity contribution in [3.8, 4) is 0 Å². The summed E-state index contributed by atoms with van der Waals surface area (Å²) in [5, 5.41) is 6.54. The first kappa shape index (κ1) is 12.2. The molecule has 0 aliphatic heterocycles. The van der Waals surface area contributed by atoms with Crippen LogP contribution in [-0.4, -0.2) is 11.0 Å². The van der Waals surface area contributed by atoms with Gasteiger partial charge in [0.2, 0.25) is 0 Å². The summed E-state index contributed by atoms with van der Waals surface area (Å²) in [5.41, 5.74) is 2.34. The Balaban J connectivity index is 1.81. The lowest BCUT2D eigenvalue weighted by molar-refractivity contribution is 0.262. The van der Waals surface area contributed by atoms with Gasteiger partial charge in [0, 0.05) is 17.3 Å². The van der Waals surface area contributed by atoms with E-state index in [4.69, 9.17) is 0 Å². The van der Waals surface area contributed by atoms with Gasteiger partial charge in [-0.25, -0.2) is 4.79 Å². The summed E-state index contributed by atoms with van der Waals surface area (Å²) in [4.78, 5) is 16.2. The minimum Gasteiger partial charge on any atom is -0.308 e. The molecule has 0 bridgehead atoms. The molecule has 2 amide bonds. The largest absolute Gasteiger partial charge is 0.323 e. The van der Waals surface area contributed by atoms with E-state index in [0.717, 1.165) is 22.3 Å². The molecule has 0 aliphatic rings. The number of fused-ring (bicyclic) bond motifs is 1. The van der Waals surface area contributed by atoms with Crippen molar-refractivity contribution in [2.45, 2.75) is 0 Å². The highest BCUT2D eigenvalue weighted by molar-refractivity contribution is 6.05. The second-order valence-corrected chi connectivity index (χ2v) is 4.32. The number of para-hydroxylation sites is 2. The molecule has 0 unspecified atom stereocenters. The van der Waals surface area contributed by atoms with E-state index < -0.39 is 0 Å². The molecular formula is C16H13N3O. The molecule has 2 N–H and O–H groups in total. The number of hydrogen-bond donors (Lipinski definition) is 2. The van der Waals surface area contributed by atoms with Crippen LogP contribution in [0.2, 0.25) is 0 Å². The Morgan fingerprint density at radius 3 is 2.45 bits per heavy atom. The number of anilines is 2. The monoisotopic (exact) mass is 263 g/mol. The van der Waals surface area contributed by atoms with Gasteiger partial charge < -0.3 is 10.6 Å². The van der Waals surface area contributed by atoms with Crippen LogP contribution in [0.5, 0.6) is 0 Å². The van der Waals surface area contributed by atoms with Gasteiger partial charge in [-0.05, 0) is 24.3 Å². The van der Waals surface area contributed by atoms with E-state index in [0.29, 0.717) is 0 Å². The van der Waals surface area contributed by atoms with E-state index in [2.05, 4.69) is 15.6 Å². The molecule has 4 nitrogen and oxygen atoms in total. The summed E-state index contributed by atoms with van der Waals surface area (Å²) in [6.07, 6.45) is 1.68. The van der Waals surface area contributed by atoms with Gasteiger partial charge in [-0.15, -0.1) is 0 Å². The molecule has 98 valence electrons. The fraction of sp³-hybridized carbons (Fsp3) is 0. The number of nitrogens with zero attached hydrogens (tertiary/aromatic N) is 1. The first-order chi connectivity index (χ1) is 9.83. The standard InChI is InChI=1S/C16H13N3O/c20-16(18-12-6-2-1-3-7-12)19-15-10-11-17-14-9-5-4-8-13(14)15/h1-11H,(H2,17,18,19,20). The van der Waals surface area contributed by atoms with Crippen LogP contribution in [-0.2, 0) is 0 Å². The Morgan fingerprint density at radius 2 is 1.60 bits per heavy atom. The van der Waals surface area contributed by atoms with Gasteiger partial charge >= 0.3 is 6.03 Å². The van der Waals surface area contributed by atoms with E-state index in [-0.39, 0.29) is 6.03 Å². The molecule has 20 heavy (non-hydrogen) atoms. The molecule has 3 rings (SSSR count). The van der Waals surface area contributed by atoms with E-state index in [1.807, 2.05) is 54.6 Å². The predicted molar refractivity (Wildman–Crippen MR) is 80.8 cm³/mol. The third-order valence-electron chi connectivity index (χ3n) is 2.93. The molecule has 0 saturated carbocycles. The molecule has 0 atom stereocenters. The molecule has 0 aliphatic carbocycles. The normalized spacial score (nSPS) is 10.2. The van der Waals surface area contributed by atoms with Crippen molar-refractivity contribution in [2.24, 2.45) is 0 Å². The van der Waals surface area contributed by atoms with E-state index in [9.17, 15) is 4.79 Å². The molecule has 2 aromatic carbocycles. The van der Waals surface area contributed by atoms with Crippen molar-refractivity contribution in [3.05, 3.63) is 66.9 Å². The van der Waals surface area contributed by atoms with Crippen molar-refractivity contribution < 1.29 is 4.79 Å². The SMILES string of the molecule is O=C(Nc1ccccc1)Nc1ccnc2ccccc12. The van der Waals surface area contributed by atoms with Crippen LogP contribution in [0.4, 0.5) is 16.2 Å². The zero-order valence-corrected chi connectivity index (χ0v) is 10.7.